The zero-order chi connectivity index (χ0) is 17.8. The summed E-state index contributed by atoms with van der Waals surface area (Å²) in [6.07, 6.45) is -1.09. The Labute approximate surface area is 138 Å². The lowest BCUT2D eigenvalue weighted by atomic mass is 9.74. The summed E-state index contributed by atoms with van der Waals surface area (Å²) in [7, 11) is 0. The van der Waals surface area contributed by atoms with E-state index < -0.39 is 36.0 Å². The van der Waals surface area contributed by atoms with Crippen LogP contribution >= 0.6 is 0 Å². The van der Waals surface area contributed by atoms with Crippen LogP contribution in [0.5, 0.6) is 0 Å². The summed E-state index contributed by atoms with van der Waals surface area (Å²) in [4.78, 5) is 23.4. The molecule has 0 spiro atoms. The quantitative estimate of drug-likeness (QED) is 0.604. The molecule has 0 aliphatic heterocycles. The Kier molecular flexibility index (Phi) is 5.02. The number of carbonyl (C=O) groups is 2. The predicted molar refractivity (Wildman–Crippen MR) is 85.5 cm³/mol. The molecule has 6 nitrogen and oxygen atoms in total. The summed E-state index contributed by atoms with van der Waals surface area (Å²) in [5.74, 6) is -3.60. The number of hydrogen-bond acceptors (Lipinski definition) is 4. The van der Waals surface area contributed by atoms with Gasteiger partial charge in [-0.05, 0) is 11.1 Å². The third-order valence-electron chi connectivity index (χ3n) is 4.00. The molecule has 0 amide bonds. The molecule has 0 bridgehead atoms. The SMILES string of the molecule is O=C(O)[C@@](O)(Cc1ccccc1)[C@](O)(Cc1ccccc1)C(=O)O. The largest absolute Gasteiger partial charge is 0.479 e. The molecular formula is C18H18O6. The second kappa shape index (κ2) is 6.82. The summed E-state index contributed by atoms with van der Waals surface area (Å²) in [5.41, 5.74) is -4.99. The van der Waals surface area contributed by atoms with Crippen LogP contribution < -0.4 is 0 Å². The van der Waals surface area contributed by atoms with E-state index >= 15 is 0 Å². The van der Waals surface area contributed by atoms with Crippen LogP contribution in [0, 0.1) is 0 Å². The van der Waals surface area contributed by atoms with Gasteiger partial charge in [0, 0.05) is 12.8 Å². The van der Waals surface area contributed by atoms with E-state index in [1.54, 1.807) is 60.7 Å². The van der Waals surface area contributed by atoms with Gasteiger partial charge in [0.2, 0.25) is 11.2 Å². The lowest BCUT2D eigenvalue weighted by Crippen LogP contribution is -2.66. The molecule has 0 radical (unpaired) electrons. The average molecular weight is 330 g/mol. The van der Waals surface area contributed by atoms with Gasteiger partial charge in [0.15, 0.2) is 0 Å². The molecule has 2 rings (SSSR count). The summed E-state index contributed by atoms with van der Waals surface area (Å²) >= 11 is 0. The Hall–Kier alpha value is -2.70. The minimum atomic E-state index is -2.89. The van der Waals surface area contributed by atoms with Crippen molar-refractivity contribution in [3.63, 3.8) is 0 Å². The van der Waals surface area contributed by atoms with E-state index in [9.17, 15) is 30.0 Å². The number of carboxylic acid groups (broad SMARTS) is 2. The van der Waals surface area contributed by atoms with E-state index in [0.717, 1.165) is 0 Å². The molecule has 0 fully saturated rings. The van der Waals surface area contributed by atoms with Crippen LogP contribution in [0.4, 0.5) is 0 Å². The van der Waals surface area contributed by atoms with Gasteiger partial charge >= 0.3 is 11.9 Å². The van der Waals surface area contributed by atoms with Crippen molar-refractivity contribution in [2.45, 2.75) is 24.0 Å². The van der Waals surface area contributed by atoms with Crippen LogP contribution in [0.2, 0.25) is 0 Å². The molecule has 4 N–H and O–H groups in total. The minimum Gasteiger partial charge on any atom is -0.479 e. The maximum absolute atomic E-state index is 11.7. The minimum absolute atomic E-state index is 0.398. The van der Waals surface area contributed by atoms with Crippen molar-refractivity contribution in [3.05, 3.63) is 71.8 Å². The summed E-state index contributed by atoms with van der Waals surface area (Å²) in [6.45, 7) is 0. The zero-order valence-electron chi connectivity index (χ0n) is 12.8. The molecule has 6 heteroatoms. The van der Waals surface area contributed by atoms with Crippen molar-refractivity contribution in [1.82, 2.24) is 0 Å². The first kappa shape index (κ1) is 17.7. The molecule has 0 unspecified atom stereocenters. The first-order valence-electron chi connectivity index (χ1n) is 7.29. The molecule has 2 atom stereocenters. The Balaban J connectivity index is 2.47. The number of benzene rings is 2. The van der Waals surface area contributed by atoms with Crippen LogP contribution in [0.15, 0.2) is 60.7 Å². The van der Waals surface area contributed by atoms with Gasteiger partial charge in [-0.2, -0.15) is 0 Å². The molecule has 2 aromatic rings. The highest BCUT2D eigenvalue weighted by molar-refractivity contribution is 5.91. The zero-order valence-corrected chi connectivity index (χ0v) is 12.8. The number of aliphatic hydroxyl groups is 2. The Bertz CT molecular complexity index is 651. The molecule has 24 heavy (non-hydrogen) atoms. The molecule has 2 aromatic carbocycles. The lowest BCUT2D eigenvalue weighted by molar-refractivity contribution is -0.206. The van der Waals surface area contributed by atoms with E-state index in [1.165, 1.54) is 0 Å². The number of carboxylic acids is 2. The first-order valence-corrected chi connectivity index (χ1v) is 7.29. The molecule has 0 aliphatic carbocycles. The topological polar surface area (TPSA) is 115 Å². The Morgan fingerprint density at radius 2 is 0.958 bits per heavy atom. The van der Waals surface area contributed by atoms with Crippen molar-refractivity contribution in [1.29, 1.82) is 0 Å². The lowest BCUT2D eigenvalue weighted by Gasteiger charge is -2.37. The fraction of sp³-hybridized carbons (Fsp3) is 0.222. The van der Waals surface area contributed by atoms with E-state index in [1.807, 2.05) is 0 Å². The summed E-state index contributed by atoms with van der Waals surface area (Å²) in [5, 5.41) is 40.3. The monoisotopic (exact) mass is 330 g/mol. The van der Waals surface area contributed by atoms with Crippen LogP contribution in [0.1, 0.15) is 11.1 Å². The molecule has 0 saturated carbocycles. The Morgan fingerprint density at radius 1 is 0.667 bits per heavy atom. The third-order valence-corrected chi connectivity index (χ3v) is 4.00. The normalized spacial score (nSPS) is 15.9. The van der Waals surface area contributed by atoms with Gasteiger partial charge in [-0.1, -0.05) is 60.7 Å². The van der Waals surface area contributed by atoms with Crippen molar-refractivity contribution < 1.29 is 30.0 Å². The van der Waals surface area contributed by atoms with Crippen molar-refractivity contribution in [2.24, 2.45) is 0 Å². The second-order valence-corrected chi connectivity index (χ2v) is 5.66. The fourth-order valence-corrected chi connectivity index (χ4v) is 2.58. The highest BCUT2D eigenvalue weighted by Crippen LogP contribution is 2.31. The van der Waals surface area contributed by atoms with E-state index in [-0.39, 0.29) is 0 Å². The van der Waals surface area contributed by atoms with Crippen molar-refractivity contribution in [2.75, 3.05) is 0 Å². The standard InChI is InChI=1S/C18H18O6/c19-15(20)17(23,11-13-7-3-1-4-8-13)18(24,16(21)22)12-14-9-5-2-6-10-14/h1-10,23-24H,11-12H2,(H,19,20)(H,21,22)/t17-,18-/m0/s1. The molecule has 0 aliphatic rings. The summed E-state index contributed by atoms with van der Waals surface area (Å²) < 4.78 is 0. The van der Waals surface area contributed by atoms with Gasteiger partial charge in [0.25, 0.3) is 0 Å². The highest BCUT2D eigenvalue weighted by Gasteiger charge is 2.60. The van der Waals surface area contributed by atoms with Crippen LogP contribution in [-0.4, -0.2) is 43.6 Å². The molecular weight excluding hydrogens is 312 g/mol. The Morgan fingerprint density at radius 3 is 1.21 bits per heavy atom. The fourth-order valence-electron chi connectivity index (χ4n) is 2.58. The van der Waals surface area contributed by atoms with Crippen molar-refractivity contribution in [3.8, 4) is 0 Å². The number of rotatable bonds is 7. The van der Waals surface area contributed by atoms with Gasteiger partial charge in [-0.25, -0.2) is 9.59 Å². The highest BCUT2D eigenvalue weighted by atomic mass is 16.5. The molecule has 0 heterocycles. The first-order chi connectivity index (χ1) is 11.3. The molecule has 0 saturated heterocycles. The van der Waals surface area contributed by atoms with E-state index in [0.29, 0.717) is 11.1 Å². The van der Waals surface area contributed by atoms with Gasteiger partial charge in [-0.15, -0.1) is 0 Å². The predicted octanol–water partition coefficient (Wildman–Crippen LogP) is 1.10. The maximum Gasteiger partial charge on any atom is 0.339 e. The molecule has 126 valence electrons. The van der Waals surface area contributed by atoms with Gasteiger partial charge in [0.1, 0.15) is 0 Å². The van der Waals surface area contributed by atoms with Gasteiger partial charge in [-0.3, -0.25) is 0 Å². The van der Waals surface area contributed by atoms with E-state index in [2.05, 4.69) is 0 Å². The van der Waals surface area contributed by atoms with Crippen molar-refractivity contribution >= 4 is 11.9 Å². The van der Waals surface area contributed by atoms with Gasteiger partial charge in [0.05, 0.1) is 0 Å². The van der Waals surface area contributed by atoms with Gasteiger partial charge < -0.3 is 20.4 Å². The maximum atomic E-state index is 11.7. The van der Waals surface area contributed by atoms with Crippen LogP contribution in [0.25, 0.3) is 0 Å². The van der Waals surface area contributed by atoms with Crippen LogP contribution in [-0.2, 0) is 22.4 Å². The summed E-state index contributed by atoms with van der Waals surface area (Å²) in [6, 6.07) is 16.2. The third kappa shape index (κ3) is 3.29. The molecule has 0 aromatic heterocycles. The number of aliphatic carboxylic acids is 2. The smallest absolute Gasteiger partial charge is 0.339 e. The second-order valence-electron chi connectivity index (χ2n) is 5.66. The average Bonchev–Trinajstić information content (AvgIpc) is 2.56. The number of hydrogen-bond donors (Lipinski definition) is 4. The van der Waals surface area contributed by atoms with Crippen LogP contribution in [0.3, 0.4) is 0 Å². The van der Waals surface area contributed by atoms with E-state index in [4.69, 9.17) is 0 Å².